The largest absolute Gasteiger partial charge is 0.508 e. The summed E-state index contributed by atoms with van der Waals surface area (Å²) in [6.07, 6.45) is 1.81. The minimum atomic E-state index is -0.226. The zero-order chi connectivity index (χ0) is 13.2. The van der Waals surface area contributed by atoms with Gasteiger partial charge < -0.3 is 19.8 Å². The highest BCUT2D eigenvalue weighted by Gasteiger charge is 2.36. The predicted molar refractivity (Wildman–Crippen MR) is 71.3 cm³/mol. The molecule has 0 atom stereocenters. The Kier molecular flexibility index (Phi) is 3.66. The van der Waals surface area contributed by atoms with Crippen molar-refractivity contribution in [3.05, 3.63) is 18.2 Å². The van der Waals surface area contributed by atoms with E-state index in [4.69, 9.17) is 4.74 Å². The number of anilines is 1. The van der Waals surface area contributed by atoms with Crippen LogP contribution in [0, 0.1) is 0 Å². The lowest BCUT2D eigenvalue weighted by Gasteiger charge is -2.44. The average Bonchev–Trinajstić information content (AvgIpc) is 2.38. The summed E-state index contributed by atoms with van der Waals surface area (Å²) in [6.45, 7) is 5.69. The molecule has 0 spiro atoms. The molecule has 100 valence electrons. The fourth-order valence-electron chi connectivity index (χ4n) is 2.48. The number of hydrogen-bond acceptors (Lipinski definition) is 4. The lowest BCUT2D eigenvalue weighted by atomic mass is 9.94. The Hall–Kier alpha value is -1.42. The number of aromatic hydroxyl groups is 1. The van der Waals surface area contributed by atoms with Crippen LogP contribution in [0.4, 0.5) is 5.69 Å². The van der Waals surface area contributed by atoms with E-state index in [1.807, 2.05) is 6.07 Å². The summed E-state index contributed by atoms with van der Waals surface area (Å²) in [5.74, 6) is 0.916. The summed E-state index contributed by atoms with van der Waals surface area (Å²) in [5, 5.41) is 18.8. The maximum Gasteiger partial charge on any atom is 0.147 e. The maximum atomic E-state index is 9.57. The number of aliphatic hydroxyl groups excluding tert-OH is 1. The first-order chi connectivity index (χ1) is 8.64. The van der Waals surface area contributed by atoms with Crippen molar-refractivity contribution in [3.63, 3.8) is 0 Å². The molecule has 1 aliphatic heterocycles. The molecule has 18 heavy (non-hydrogen) atoms. The van der Waals surface area contributed by atoms with Crippen LogP contribution in [0.25, 0.3) is 0 Å². The van der Waals surface area contributed by atoms with Gasteiger partial charge in [-0.15, -0.1) is 0 Å². The third-order valence-electron chi connectivity index (χ3n) is 3.75. The monoisotopic (exact) mass is 251 g/mol. The van der Waals surface area contributed by atoms with Crippen molar-refractivity contribution in [1.82, 2.24) is 0 Å². The first kappa shape index (κ1) is 13.0. The van der Waals surface area contributed by atoms with Crippen molar-refractivity contribution in [2.75, 3.05) is 24.6 Å². The molecule has 0 unspecified atom stereocenters. The Morgan fingerprint density at radius 3 is 2.67 bits per heavy atom. The Morgan fingerprint density at radius 2 is 2.06 bits per heavy atom. The number of hydrogen-bond donors (Lipinski definition) is 2. The summed E-state index contributed by atoms with van der Waals surface area (Å²) in [7, 11) is 0. The molecular weight excluding hydrogens is 230 g/mol. The third-order valence-corrected chi connectivity index (χ3v) is 3.75. The van der Waals surface area contributed by atoms with Crippen LogP contribution in [0.2, 0.25) is 0 Å². The maximum absolute atomic E-state index is 9.57. The number of aliphatic hydroxyl groups is 1. The molecule has 4 heteroatoms. The van der Waals surface area contributed by atoms with E-state index < -0.39 is 0 Å². The van der Waals surface area contributed by atoms with Gasteiger partial charge in [-0.05, 0) is 25.0 Å². The van der Waals surface area contributed by atoms with E-state index in [0.717, 1.165) is 25.1 Å². The molecule has 2 N–H and O–H groups in total. The molecule has 0 radical (unpaired) electrons. The number of β-amino-alcohol motifs (C(OH)–C–C–N with tert-alkyl or cyclic N) is 1. The quantitative estimate of drug-likeness (QED) is 0.861. The second kappa shape index (κ2) is 5.06. The number of phenols is 1. The molecule has 0 amide bonds. The molecule has 0 saturated heterocycles. The highest BCUT2D eigenvalue weighted by atomic mass is 16.5. The van der Waals surface area contributed by atoms with Crippen LogP contribution in [-0.2, 0) is 0 Å². The second-order valence-electron chi connectivity index (χ2n) is 4.79. The summed E-state index contributed by atoms with van der Waals surface area (Å²) < 4.78 is 6.09. The summed E-state index contributed by atoms with van der Waals surface area (Å²) in [6, 6.07) is 5.14. The van der Waals surface area contributed by atoms with E-state index in [-0.39, 0.29) is 18.0 Å². The van der Waals surface area contributed by atoms with Gasteiger partial charge in [-0.2, -0.15) is 0 Å². The zero-order valence-corrected chi connectivity index (χ0v) is 11.0. The van der Waals surface area contributed by atoms with E-state index in [9.17, 15) is 10.2 Å². The van der Waals surface area contributed by atoms with E-state index >= 15 is 0 Å². The minimum Gasteiger partial charge on any atom is -0.508 e. The van der Waals surface area contributed by atoms with Gasteiger partial charge in [0.2, 0.25) is 0 Å². The van der Waals surface area contributed by atoms with Crippen molar-refractivity contribution in [1.29, 1.82) is 0 Å². The van der Waals surface area contributed by atoms with Crippen LogP contribution in [0.5, 0.6) is 11.5 Å². The SMILES string of the molecule is CCC1(CC)CN(CCO)c2ccc(O)cc2O1. The van der Waals surface area contributed by atoms with Crippen molar-refractivity contribution in [2.45, 2.75) is 32.3 Å². The molecule has 1 aliphatic rings. The van der Waals surface area contributed by atoms with E-state index in [1.54, 1.807) is 12.1 Å². The smallest absolute Gasteiger partial charge is 0.147 e. The van der Waals surface area contributed by atoms with Crippen LogP contribution in [-0.4, -0.2) is 35.5 Å². The highest BCUT2D eigenvalue weighted by Crippen LogP contribution is 2.41. The number of benzene rings is 1. The lowest BCUT2D eigenvalue weighted by Crippen LogP contribution is -2.51. The van der Waals surface area contributed by atoms with Crippen molar-refractivity contribution >= 4 is 5.69 Å². The number of ether oxygens (including phenoxy) is 1. The topological polar surface area (TPSA) is 52.9 Å². The van der Waals surface area contributed by atoms with Crippen molar-refractivity contribution in [3.8, 4) is 11.5 Å². The van der Waals surface area contributed by atoms with Crippen LogP contribution in [0.1, 0.15) is 26.7 Å². The summed E-state index contributed by atoms with van der Waals surface area (Å²) in [5.41, 5.74) is 0.718. The van der Waals surface area contributed by atoms with Gasteiger partial charge in [-0.3, -0.25) is 0 Å². The number of phenolic OH excluding ortho intramolecular Hbond substituents is 1. The molecule has 2 rings (SSSR count). The van der Waals surface area contributed by atoms with Gasteiger partial charge in [0.1, 0.15) is 17.1 Å². The first-order valence-corrected chi connectivity index (χ1v) is 6.52. The lowest BCUT2D eigenvalue weighted by molar-refractivity contribution is 0.0562. The summed E-state index contributed by atoms with van der Waals surface area (Å²) in [4.78, 5) is 2.13. The normalized spacial score (nSPS) is 17.2. The molecule has 0 fully saturated rings. The van der Waals surface area contributed by atoms with Crippen LogP contribution in [0.3, 0.4) is 0 Å². The first-order valence-electron chi connectivity index (χ1n) is 6.52. The Labute approximate surface area is 108 Å². The van der Waals surface area contributed by atoms with Gasteiger partial charge in [-0.1, -0.05) is 13.8 Å². The summed E-state index contributed by atoms with van der Waals surface area (Å²) >= 11 is 0. The second-order valence-corrected chi connectivity index (χ2v) is 4.79. The fraction of sp³-hybridized carbons (Fsp3) is 0.571. The van der Waals surface area contributed by atoms with E-state index in [2.05, 4.69) is 18.7 Å². The molecule has 0 aromatic heterocycles. The third kappa shape index (κ3) is 2.25. The van der Waals surface area contributed by atoms with Gasteiger partial charge in [0, 0.05) is 12.6 Å². The molecule has 0 aliphatic carbocycles. The highest BCUT2D eigenvalue weighted by molar-refractivity contribution is 5.63. The molecule has 4 nitrogen and oxygen atoms in total. The molecular formula is C14H21NO3. The van der Waals surface area contributed by atoms with Gasteiger partial charge >= 0.3 is 0 Å². The van der Waals surface area contributed by atoms with Crippen molar-refractivity contribution < 1.29 is 14.9 Å². The zero-order valence-electron chi connectivity index (χ0n) is 11.0. The fourth-order valence-corrected chi connectivity index (χ4v) is 2.48. The van der Waals surface area contributed by atoms with Crippen molar-refractivity contribution in [2.24, 2.45) is 0 Å². The molecule has 1 heterocycles. The molecule has 1 aromatic carbocycles. The number of nitrogens with zero attached hydrogens (tertiary/aromatic N) is 1. The van der Waals surface area contributed by atoms with Crippen LogP contribution in [0.15, 0.2) is 18.2 Å². The average molecular weight is 251 g/mol. The number of rotatable bonds is 4. The predicted octanol–water partition coefficient (Wildman–Crippen LogP) is 2.14. The minimum absolute atomic E-state index is 0.115. The van der Waals surface area contributed by atoms with Gasteiger partial charge in [0.05, 0.1) is 18.8 Å². The Morgan fingerprint density at radius 1 is 1.33 bits per heavy atom. The Balaban J connectivity index is 2.39. The number of fused-ring (bicyclic) bond motifs is 1. The molecule has 0 bridgehead atoms. The van der Waals surface area contributed by atoms with Crippen LogP contribution < -0.4 is 9.64 Å². The van der Waals surface area contributed by atoms with E-state index in [0.29, 0.717) is 12.3 Å². The molecule has 0 saturated carbocycles. The van der Waals surface area contributed by atoms with Crippen LogP contribution >= 0.6 is 0 Å². The molecule has 1 aromatic rings. The van der Waals surface area contributed by atoms with E-state index in [1.165, 1.54) is 0 Å². The Bertz CT molecular complexity index is 416. The van der Waals surface area contributed by atoms with Gasteiger partial charge in [0.25, 0.3) is 0 Å². The van der Waals surface area contributed by atoms with Gasteiger partial charge in [-0.25, -0.2) is 0 Å². The standard InChI is InChI=1S/C14H21NO3/c1-3-14(4-2)10-15(7-8-16)12-6-5-11(17)9-13(12)18-14/h5-6,9,16-17H,3-4,7-8,10H2,1-2H3. The van der Waals surface area contributed by atoms with Gasteiger partial charge in [0.15, 0.2) is 0 Å².